The molecular weight excluding hydrogens is 493 g/mol. The van der Waals surface area contributed by atoms with Gasteiger partial charge in [-0.15, -0.1) is 0 Å². The van der Waals surface area contributed by atoms with Gasteiger partial charge in [0.15, 0.2) is 0 Å². The van der Waals surface area contributed by atoms with E-state index in [0.717, 1.165) is 61.0 Å². The maximum absolute atomic E-state index is 13.5. The van der Waals surface area contributed by atoms with Gasteiger partial charge in [-0.2, -0.15) is 5.10 Å². The molecule has 4 aliphatic carbocycles. The van der Waals surface area contributed by atoms with Crippen molar-refractivity contribution < 1.29 is 19.4 Å². The van der Waals surface area contributed by atoms with Crippen molar-refractivity contribution >= 4 is 12.0 Å². The lowest BCUT2D eigenvalue weighted by Crippen LogP contribution is -2.49. The molecule has 0 aliphatic heterocycles. The van der Waals surface area contributed by atoms with Crippen molar-refractivity contribution in [2.45, 2.75) is 68.9 Å². The molecule has 2 unspecified atom stereocenters. The van der Waals surface area contributed by atoms with Gasteiger partial charge in [0, 0.05) is 11.0 Å². The molecule has 2 atom stereocenters. The van der Waals surface area contributed by atoms with Gasteiger partial charge in [-0.25, -0.2) is 9.07 Å². The second-order valence-corrected chi connectivity index (χ2v) is 12.1. The van der Waals surface area contributed by atoms with Gasteiger partial charge >= 0.3 is 0 Å². The molecule has 1 amide bonds. The highest BCUT2D eigenvalue weighted by Gasteiger charge is 2.63. The lowest BCUT2D eigenvalue weighted by Gasteiger charge is -2.46. The summed E-state index contributed by atoms with van der Waals surface area (Å²) in [6.07, 6.45) is 11.4. The highest BCUT2D eigenvalue weighted by atomic mass is 19.1. The summed E-state index contributed by atoms with van der Waals surface area (Å²) in [5, 5.41) is 29.8. The molecule has 1 heterocycles. The first-order valence-electron chi connectivity index (χ1n) is 14.1. The Morgan fingerprint density at radius 1 is 1.10 bits per heavy atom. The molecule has 3 aromatic rings. The normalized spacial score (nSPS) is 26.5. The molecule has 7 heteroatoms. The second-order valence-electron chi connectivity index (χ2n) is 12.1. The smallest absolute Gasteiger partial charge is 0.252 e. The molecule has 3 N–H and O–H groups in total. The number of fused-ring (bicyclic) bond motifs is 2. The van der Waals surface area contributed by atoms with Crippen LogP contribution >= 0.6 is 0 Å². The Balaban J connectivity index is 1.17. The van der Waals surface area contributed by atoms with E-state index in [-0.39, 0.29) is 23.7 Å². The van der Waals surface area contributed by atoms with Crippen LogP contribution in [0.2, 0.25) is 0 Å². The van der Waals surface area contributed by atoms with E-state index in [4.69, 9.17) is 0 Å². The number of halogens is 1. The summed E-state index contributed by atoms with van der Waals surface area (Å²) in [6, 6.07) is 14.0. The van der Waals surface area contributed by atoms with Crippen molar-refractivity contribution in [1.82, 2.24) is 15.1 Å². The summed E-state index contributed by atoms with van der Waals surface area (Å²) in [7, 11) is 0. The van der Waals surface area contributed by atoms with Crippen LogP contribution in [-0.2, 0) is 12.8 Å². The predicted molar refractivity (Wildman–Crippen MR) is 146 cm³/mol. The van der Waals surface area contributed by atoms with Crippen LogP contribution < -0.4 is 5.32 Å². The number of carbonyl (C=O) groups excluding carboxylic acids is 1. The number of aromatic nitrogens is 2. The highest BCUT2D eigenvalue weighted by Crippen LogP contribution is 2.66. The summed E-state index contributed by atoms with van der Waals surface area (Å²) in [5.74, 6) is 0.0196. The Hall–Kier alpha value is -3.29. The van der Waals surface area contributed by atoms with E-state index in [1.165, 1.54) is 17.7 Å². The van der Waals surface area contributed by atoms with Crippen LogP contribution in [0.5, 0.6) is 0 Å². The van der Waals surface area contributed by atoms with Crippen LogP contribution in [0.15, 0.2) is 60.3 Å². The number of aryl methyl sites for hydroxylation is 1. The molecule has 39 heavy (non-hydrogen) atoms. The minimum absolute atomic E-state index is 0.0423. The van der Waals surface area contributed by atoms with Gasteiger partial charge < -0.3 is 15.5 Å². The number of nitrogens with one attached hydrogen (secondary N) is 1. The fraction of sp³-hybridized carbons (Fsp3) is 0.438. The number of aliphatic hydroxyl groups is 2. The molecule has 1 aromatic heterocycles. The van der Waals surface area contributed by atoms with Gasteiger partial charge in [0.1, 0.15) is 5.82 Å². The van der Waals surface area contributed by atoms with Crippen LogP contribution in [0.4, 0.5) is 4.39 Å². The molecule has 2 aromatic carbocycles. The van der Waals surface area contributed by atoms with E-state index >= 15 is 0 Å². The Bertz CT molecular complexity index is 1470. The van der Waals surface area contributed by atoms with Crippen molar-refractivity contribution in [2.75, 3.05) is 6.61 Å². The summed E-state index contributed by atoms with van der Waals surface area (Å²) in [4.78, 5) is 13.1. The zero-order valence-electron chi connectivity index (χ0n) is 22.0. The van der Waals surface area contributed by atoms with Gasteiger partial charge in [0.05, 0.1) is 35.3 Å². The molecule has 3 saturated carbocycles. The zero-order valence-corrected chi connectivity index (χ0v) is 22.0. The predicted octanol–water partition coefficient (Wildman–Crippen LogP) is 4.76. The van der Waals surface area contributed by atoms with Crippen LogP contribution in [0.25, 0.3) is 11.8 Å². The first kappa shape index (κ1) is 24.7. The lowest BCUT2D eigenvalue weighted by atomic mass is 9.61. The van der Waals surface area contributed by atoms with E-state index in [9.17, 15) is 19.4 Å². The van der Waals surface area contributed by atoms with Crippen molar-refractivity contribution in [1.29, 1.82) is 0 Å². The molecule has 3 fully saturated rings. The van der Waals surface area contributed by atoms with Gasteiger partial charge in [0.2, 0.25) is 0 Å². The topological polar surface area (TPSA) is 87.4 Å². The van der Waals surface area contributed by atoms with Crippen LogP contribution in [0, 0.1) is 17.2 Å². The van der Waals surface area contributed by atoms with E-state index in [2.05, 4.69) is 16.5 Å². The quantitative estimate of drug-likeness (QED) is 0.394. The third-order valence-electron chi connectivity index (χ3n) is 9.83. The van der Waals surface area contributed by atoms with Crippen LogP contribution in [0.3, 0.4) is 0 Å². The molecular formula is C32H34FN3O3. The molecule has 0 bridgehead atoms. The second kappa shape index (κ2) is 8.86. The van der Waals surface area contributed by atoms with Crippen LogP contribution in [-0.4, -0.2) is 43.6 Å². The van der Waals surface area contributed by atoms with Crippen molar-refractivity contribution in [3.8, 4) is 5.69 Å². The lowest BCUT2D eigenvalue weighted by molar-refractivity contribution is -0.0661. The third kappa shape index (κ3) is 3.97. The molecule has 0 radical (unpaired) electrons. The van der Waals surface area contributed by atoms with Crippen molar-refractivity contribution in [3.63, 3.8) is 0 Å². The number of hydrogen-bond acceptors (Lipinski definition) is 4. The SMILES string of the molecule is O=C(NC1(CO)CC1)c1ccccc1CCC1(O)CCC2=Cc3c(cnn3-c3ccc(F)cc3)CC21C1CC1. The summed E-state index contributed by atoms with van der Waals surface area (Å²) in [6.45, 7) is -0.0423. The number of aliphatic hydroxyl groups excluding tert-OH is 1. The molecule has 0 spiro atoms. The Kier molecular flexibility index (Phi) is 5.62. The number of carbonyl (C=O) groups is 1. The summed E-state index contributed by atoms with van der Waals surface area (Å²) in [5.41, 5.74) is 4.17. The van der Waals surface area contributed by atoms with Gasteiger partial charge in [0.25, 0.3) is 5.91 Å². The number of rotatable bonds is 8. The van der Waals surface area contributed by atoms with E-state index in [1.54, 1.807) is 12.1 Å². The molecule has 6 nitrogen and oxygen atoms in total. The monoisotopic (exact) mass is 527 g/mol. The van der Waals surface area contributed by atoms with Gasteiger partial charge in [-0.3, -0.25) is 4.79 Å². The highest BCUT2D eigenvalue weighted by molar-refractivity contribution is 5.96. The number of nitrogens with zero attached hydrogens (tertiary/aromatic N) is 2. The van der Waals surface area contributed by atoms with E-state index in [0.29, 0.717) is 30.7 Å². The van der Waals surface area contributed by atoms with Crippen LogP contribution in [0.1, 0.15) is 72.1 Å². The third-order valence-corrected chi connectivity index (χ3v) is 9.83. The molecule has 4 aliphatic rings. The molecule has 0 saturated heterocycles. The number of amides is 1. The summed E-state index contributed by atoms with van der Waals surface area (Å²) < 4.78 is 15.4. The standard InChI is InChI=1S/C32H34FN3O3/c33-25-7-9-26(10-8-25)36-28-17-24-12-14-31(39,32(24,23-5-6-23)18-22(28)19-34-36)13-11-21-3-1-2-4-27(21)29(38)35-30(20-37)15-16-30/h1-4,7-10,17,19,23,37,39H,5-6,11-16,18,20H2,(H,35,38). The van der Waals surface area contributed by atoms with Gasteiger partial charge in [-0.1, -0.05) is 23.8 Å². The minimum atomic E-state index is -0.873. The number of benzene rings is 2. The number of hydrogen-bond donors (Lipinski definition) is 3. The first-order valence-corrected chi connectivity index (χ1v) is 14.1. The maximum atomic E-state index is 13.5. The fourth-order valence-corrected chi connectivity index (χ4v) is 7.29. The largest absolute Gasteiger partial charge is 0.394 e. The fourth-order valence-electron chi connectivity index (χ4n) is 7.29. The summed E-state index contributed by atoms with van der Waals surface area (Å²) >= 11 is 0. The Morgan fingerprint density at radius 2 is 1.87 bits per heavy atom. The van der Waals surface area contributed by atoms with E-state index in [1.807, 2.05) is 35.1 Å². The average molecular weight is 528 g/mol. The first-order chi connectivity index (χ1) is 18.9. The van der Waals surface area contributed by atoms with Crippen molar-refractivity contribution in [2.24, 2.45) is 11.3 Å². The van der Waals surface area contributed by atoms with Crippen molar-refractivity contribution in [3.05, 3.63) is 88.5 Å². The van der Waals surface area contributed by atoms with E-state index < -0.39 is 11.1 Å². The average Bonchev–Trinajstić information content (AvgIpc) is 3.88. The Morgan fingerprint density at radius 3 is 2.59 bits per heavy atom. The molecule has 7 rings (SSSR count). The zero-order chi connectivity index (χ0) is 26.8. The molecule has 202 valence electrons. The van der Waals surface area contributed by atoms with Gasteiger partial charge in [-0.05, 0) is 111 Å². The Labute approximate surface area is 227 Å². The maximum Gasteiger partial charge on any atom is 0.252 e. The minimum Gasteiger partial charge on any atom is -0.394 e.